The molecule has 2 aromatic carbocycles. The zero-order valence-electron chi connectivity index (χ0n) is 13.2. The lowest BCUT2D eigenvalue weighted by Crippen LogP contribution is -2.47. The smallest absolute Gasteiger partial charge is 0.227 e. The molecule has 0 aliphatic carbocycles. The van der Waals surface area contributed by atoms with Crippen LogP contribution >= 0.6 is 12.4 Å². The summed E-state index contributed by atoms with van der Waals surface area (Å²) in [6.07, 6.45) is 2.83. The van der Waals surface area contributed by atoms with Crippen LogP contribution in [-0.2, 0) is 11.2 Å². The first kappa shape index (κ1) is 16.3. The second kappa shape index (κ2) is 6.90. The SMILES string of the molecule is Cl.O=C(Cc1cccc2ccccc12)N1CCC2NCCC2C1. The fraction of sp³-hybridized carbons (Fsp3) is 0.421. The Morgan fingerprint density at radius 1 is 1.13 bits per heavy atom. The van der Waals surface area contributed by atoms with Gasteiger partial charge in [-0.3, -0.25) is 4.79 Å². The van der Waals surface area contributed by atoms with Gasteiger partial charge >= 0.3 is 0 Å². The first-order valence-corrected chi connectivity index (χ1v) is 8.29. The summed E-state index contributed by atoms with van der Waals surface area (Å²) in [6.45, 7) is 2.94. The van der Waals surface area contributed by atoms with E-state index in [0.717, 1.165) is 31.6 Å². The molecule has 1 N–H and O–H groups in total. The molecule has 122 valence electrons. The summed E-state index contributed by atoms with van der Waals surface area (Å²) in [5.74, 6) is 0.937. The van der Waals surface area contributed by atoms with Crippen LogP contribution in [0.5, 0.6) is 0 Å². The van der Waals surface area contributed by atoms with Crippen LogP contribution in [0.4, 0.5) is 0 Å². The number of fused-ring (bicyclic) bond motifs is 2. The molecule has 2 atom stereocenters. The Labute approximate surface area is 143 Å². The Morgan fingerprint density at radius 3 is 2.87 bits per heavy atom. The topological polar surface area (TPSA) is 32.3 Å². The van der Waals surface area contributed by atoms with Gasteiger partial charge in [0.1, 0.15) is 0 Å². The maximum atomic E-state index is 12.7. The van der Waals surface area contributed by atoms with Crippen molar-refractivity contribution in [3.05, 3.63) is 48.0 Å². The number of carbonyl (C=O) groups excluding carboxylic acids is 1. The van der Waals surface area contributed by atoms with E-state index in [1.807, 2.05) is 12.1 Å². The van der Waals surface area contributed by atoms with E-state index in [9.17, 15) is 4.79 Å². The molecule has 0 bridgehead atoms. The number of rotatable bonds is 2. The quantitative estimate of drug-likeness (QED) is 0.918. The lowest BCUT2D eigenvalue weighted by Gasteiger charge is -2.35. The van der Waals surface area contributed by atoms with Gasteiger partial charge in [-0.05, 0) is 41.6 Å². The third-order valence-electron chi connectivity index (χ3n) is 5.23. The molecule has 2 heterocycles. The predicted octanol–water partition coefficient (Wildman–Crippen LogP) is 3.01. The highest BCUT2D eigenvalue weighted by Crippen LogP contribution is 2.26. The zero-order chi connectivity index (χ0) is 14.9. The molecule has 2 aromatic rings. The summed E-state index contributed by atoms with van der Waals surface area (Å²) >= 11 is 0. The summed E-state index contributed by atoms with van der Waals surface area (Å²) < 4.78 is 0. The fourth-order valence-corrected chi connectivity index (χ4v) is 4.00. The van der Waals surface area contributed by atoms with Crippen LogP contribution in [0.15, 0.2) is 42.5 Å². The Kier molecular flexibility index (Phi) is 4.88. The van der Waals surface area contributed by atoms with Gasteiger partial charge in [0.15, 0.2) is 0 Å². The molecule has 23 heavy (non-hydrogen) atoms. The van der Waals surface area contributed by atoms with Gasteiger partial charge in [0, 0.05) is 19.1 Å². The Hall–Kier alpha value is -1.58. The van der Waals surface area contributed by atoms with E-state index in [1.165, 1.54) is 17.2 Å². The number of nitrogens with one attached hydrogen (secondary N) is 1. The van der Waals surface area contributed by atoms with Crippen LogP contribution in [-0.4, -0.2) is 36.5 Å². The Balaban J connectivity index is 0.00000156. The third-order valence-corrected chi connectivity index (χ3v) is 5.23. The highest BCUT2D eigenvalue weighted by molar-refractivity contribution is 5.90. The van der Waals surface area contributed by atoms with E-state index >= 15 is 0 Å². The summed E-state index contributed by atoms with van der Waals surface area (Å²) in [4.78, 5) is 14.8. The van der Waals surface area contributed by atoms with Gasteiger partial charge in [0.2, 0.25) is 5.91 Å². The third kappa shape index (κ3) is 3.22. The number of piperidine rings is 1. The molecule has 0 saturated carbocycles. The van der Waals surface area contributed by atoms with Crippen LogP contribution in [0.2, 0.25) is 0 Å². The van der Waals surface area contributed by atoms with Crippen molar-refractivity contribution in [2.24, 2.45) is 5.92 Å². The van der Waals surface area contributed by atoms with Gasteiger partial charge in [-0.15, -0.1) is 12.4 Å². The van der Waals surface area contributed by atoms with E-state index in [-0.39, 0.29) is 18.3 Å². The lowest BCUT2D eigenvalue weighted by molar-refractivity contribution is -0.132. The standard InChI is InChI=1S/C19H22N2O.ClH/c22-19(21-11-9-18-16(13-21)8-10-20-18)12-15-6-3-5-14-4-1-2-7-17(14)15;/h1-7,16,18,20H,8-13H2;1H. The molecule has 2 aliphatic heterocycles. The second-order valence-electron chi connectivity index (χ2n) is 6.55. The summed E-state index contributed by atoms with van der Waals surface area (Å²) in [6, 6.07) is 15.2. The number of amides is 1. The van der Waals surface area contributed by atoms with Crippen molar-refractivity contribution in [1.82, 2.24) is 10.2 Å². The number of benzene rings is 2. The van der Waals surface area contributed by atoms with E-state index in [0.29, 0.717) is 18.4 Å². The average Bonchev–Trinajstić information content (AvgIpc) is 3.02. The highest BCUT2D eigenvalue weighted by Gasteiger charge is 2.34. The summed E-state index contributed by atoms with van der Waals surface area (Å²) in [5, 5.41) is 5.97. The molecular weight excluding hydrogens is 308 g/mol. The molecule has 4 heteroatoms. The first-order chi connectivity index (χ1) is 10.8. The van der Waals surface area contributed by atoms with Crippen molar-refractivity contribution < 1.29 is 4.79 Å². The monoisotopic (exact) mass is 330 g/mol. The van der Waals surface area contributed by atoms with Gasteiger partial charge in [0.25, 0.3) is 0 Å². The maximum Gasteiger partial charge on any atom is 0.227 e. The fourth-order valence-electron chi connectivity index (χ4n) is 4.00. The average molecular weight is 331 g/mol. The summed E-state index contributed by atoms with van der Waals surface area (Å²) in [7, 11) is 0. The van der Waals surface area contributed by atoms with Gasteiger partial charge < -0.3 is 10.2 Å². The molecule has 2 aliphatic rings. The first-order valence-electron chi connectivity index (χ1n) is 8.29. The van der Waals surface area contributed by atoms with Crippen molar-refractivity contribution >= 4 is 29.1 Å². The van der Waals surface area contributed by atoms with Crippen molar-refractivity contribution in [2.75, 3.05) is 19.6 Å². The Bertz CT molecular complexity index is 697. The largest absolute Gasteiger partial charge is 0.342 e. The van der Waals surface area contributed by atoms with E-state index in [1.54, 1.807) is 0 Å². The van der Waals surface area contributed by atoms with Crippen molar-refractivity contribution in [2.45, 2.75) is 25.3 Å². The molecule has 0 radical (unpaired) electrons. The number of likely N-dealkylation sites (tertiary alicyclic amines) is 1. The normalized spacial score (nSPS) is 23.4. The minimum Gasteiger partial charge on any atom is -0.342 e. The number of hydrogen-bond donors (Lipinski definition) is 1. The summed E-state index contributed by atoms with van der Waals surface area (Å²) in [5.41, 5.74) is 1.15. The minimum atomic E-state index is 0. The number of hydrogen-bond acceptors (Lipinski definition) is 2. The highest BCUT2D eigenvalue weighted by atomic mass is 35.5. The van der Waals surface area contributed by atoms with Crippen molar-refractivity contribution in [1.29, 1.82) is 0 Å². The van der Waals surface area contributed by atoms with Crippen LogP contribution < -0.4 is 5.32 Å². The predicted molar refractivity (Wildman–Crippen MR) is 96.0 cm³/mol. The van der Waals surface area contributed by atoms with Crippen LogP contribution in [0, 0.1) is 5.92 Å². The van der Waals surface area contributed by atoms with Gasteiger partial charge in [0.05, 0.1) is 6.42 Å². The lowest BCUT2D eigenvalue weighted by atomic mass is 9.92. The van der Waals surface area contributed by atoms with Crippen LogP contribution in [0.1, 0.15) is 18.4 Å². The van der Waals surface area contributed by atoms with Crippen LogP contribution in [0.25, 0.3) is 10.8 Å². The van der Waals surface area contributed by atoms with Gasteiger partial charge in [-0.25, -0.2) is 0 Å². The molecule has 3 nitrogen and oxygen atoms in total. The molecule has 2 unspecified atom stereocenters. The van der Waals surface area contributed by atoms with E-state index < -0.39 is 0 Å². The van der Waals surface area contributed by atoms with Crippen molar-refractivity contribution in [3.63, 3.8) is 0 Å². The molecule has 1 amide bonds. The number of nitrogens with zero attached hydrogens (tertiary/aromatic N) is 1. The minimum absolute atomic E-state index is 0. The number of carbonyl (C=O) groups is 1. The van der Waals surface area contributed by atoms with E-state index in [4.69, 9.17) is 0 Å². The molecule has 4 rings (SSSR count). The van der Waals surface area contributed by atoms with Gasteiger partial charge in [-0.1, -0.05) is 42.5 Å². The molecular formula is C19H23ClN2O. The van der Waals surface area contributed by atoms with Gasteiger partial charge in [-0.2, -0.15) is 0 Å². The van der Waals surface area contributed by atoms with Crippen LogP contribution in [0.3, 0.4) is 0 Å². The number of halogens is 1. The molecule has 0 spiro atoms. The maximum absolute atomic E-state index is 12.7. The molecule has 2 fully saturated rings. The van der Waals surface area contributed by atoms with Crippen molar-refractivity contribution in [3.8, 4) is 0 Å². The zero-order valence-corrected chi connectivity index (χ0v) is 14.0. The van der Waals surface area contributed by atoms with E-state index in [2.05, 4.69) is 40.5 Å². The molecule has 2 saturated heterocycles. The second-order valence-corrected chi connectivity index (χ2v) is 6.55. The Morgan fingerprint density at radius 2 is 1.96 bits per heavy atom. The molecule has 0 aromatic heterocycles.